The minimum Gasteiger partial charge on any atom is -0.359 e. The smallest absolute Gasteiger partial charge is 0.261 e. The molecule has 0 bridgehead atoms. The molecule has 0 spiro atoms. The molecule has 158 valence electrons. The molecule has 0 aliphatic rings. The lowest BCUT2D eigenvalue weighted by Crippen LogP contribution is -2.26. The Morgan fingerprint density at radius 1 is 1.06 bits per heavy atom. The highest BCUT2D eigenvalue weighted by Crippen LogP contribution is 2.27. The van der Waals surface area contributed by atoms with Crippen molar-refractivity contribution in [1.82, 2.24) is 15.3 Å². The number of fused-ring (bicyclic) bond motifs is 1. The van der Waals surface area contributed by atoms with Crippen LogP contribution in [0, 0.1) is 6.92 Å². The van der Waals surface area contributed by atoms with Gasteiger partial charge in [0.05, 0.1) is 16.1 Å². The fourth-order valence-electron chi connectivity index (χ4n) is 3.34. The zero-order valence-corrected chi connectivity index (χ0v) is 17.7. The largest absolute Gasteiger partial charge is 0.359 e. The SMILES string of the molecule is Cc1c[nH]c2c(NS(=O)(=O)c3cccc(C(=O)NCCc4ccccn4)c3)cccc12. The number of amides is 1. The molecule has 0 radical (unpaired) electrons. The molecule has 2 aromatic heterocycles. The second-order valence-corrected chi connectivity index (χ2v) is 8.84. The van der Waals surface area contributed by atoms with E-state index in [4.69, 9.17) is 0 Å². The number of pyridine rings is 1. The maximum absolute atomic E-state index is 13.0. The summed E-state index contributed by atoms with van der Waals surface area (Å²) >= 11 is 0. The number of anilines is 1. The molecule has 3 N–H and O–H groups in total. The van der Waals surface area contributed by atoms with Crippen molar-refractivity contribution in [3.8, 4) is 0 Å². The van der Waals surface area contributed by atoms with Gasteiger partial charge in [-0.3, -0.25) is 14.5 Å². The van der Waals surface area contributed by atoms with Gasteiger partial charge in [-0.2, -0.15) is 0 Å². The van der Waals surface area contributed by atoms with Crippen molar-refractivity contribution in [2.45, 2.75) is 18.2 Å². The summed E-state index contributed by atoms with van der Waals surface area (Å²) < 4.78 is 28.5. The summed E-state index contributed by atoms with van der Waals surface area (Å²) in [6.45, 7) is 2.35. The van der Waals surface area contributed by atoms with Gasteiger partial charge in [0.1, 0.15) is 0 Å². The maximum Gasteiger partial charge on any atom is 0.261 e. The van der Waals surface area contributed by atoms with Crippen molar-refractivity contribution in [2.24, 2.45) is 0 Å². The second-order valence-electron chi connectivity index (χ2n) is 7.16. The van der Waals surface area contributed by atoms with Gasteiger partial charge in [-0.1, -0.05) is 24.3 Å². The number of para-hydroxylation sites is 1. The van der Waals surface area contributed by atoms with Crippen LogP contribution in [0.4, 0.5) is 5.69 Å². The molecule has 8 heteroatoms. The number of H-pyrrole nitrogens is 1. The van der Waals surface area contributed by atoms with Gasteiger partial charge < -0.3 is 10.3 Å². The van der Waals surface area contributed by atoms with E-state index in [-0.39, 0.29) is 16.4 Å². The number of aromatic nitrogens is 2. The molecule has 0 saturated carbocycles. The summed E-state index contributed by atoms with van der Waals surface area (Å²) in [5.41, 5.74) is 3.35. The summed E-state index contributed by atoms with van der Waals surface area (Å²) in [7, 11) is -3.88. The van der Waals surface area contributed by atoms with E-state index >= 15 is 0 Å². The first-order valence-corrected chi connectivity index (χ1v) is 11.3. The highest BCUT2D eigenvalue weighted by molar-refractivity contribution is 7.92. The average molecular weight is 435 g/mol. The van der Waals surface area contributed by atoms with Crippen molar-refractivity contribution in [3.63, 3.8) is 0 Å². The van der Waals surface area contributed by atoms with E-state index < -0.39 is 10.0 Å². The molecule has 0 fully saturated rings. The molecule has 4 rings (SSSR count). The van der Waals surface area contributed by atoms with Crippen LogP contribution < -0.4 is 10.0 Å². The molecule has 2 heterocycles. The van der Waals surface area contributed by atoms with Gasteiger partial charge in [-0.25, -0.2) is 8.42 Å². The molecule has 2 aromatic carbocycles. The van der Waals surface area contributed by atoms with Crippen LogP contribution in [-0.2, 0) is 16.4 Å². The number of sulfonamides is 1. The summed E-state index contributed by atoms with van der Waals surface area (Å²) in [6.07, 6.45) is 4.12. The van der Waals surface area contributed by atoms with Crippen molar-refractivity contribution in [2.75, 3.05) is 11.3 Å². The zero-order chi connectivity index (χ0) is 21.8. The Morgan fingerprint density at radius 2 is 1.90 bits per heavy atom. The Balaban J connectivity index is 1.49. The van der Waals surface area contributed by atoms with Gasteiger partial charge in [0.15, 0.2) is 0 Å². The fourth-order valence-corrected chi connectivity index (χ4v) is 4.46. The van der Waals surface area contributed by atoms with E-state index in [0.29, 0.717) is 24.2 Å². The maximum atomic E-state index is 13.0. The van der Waals surface area contributed by atoms with Gasteiger partial charge in [0, 0.05) is 42.0 Å². The second kappa shape index (κ2) is 8.61. The normalized spacial score (nSPS) is 11.4. The summed E-state index contributed by atoms with van der Waals surface area (Å²) in [6, 6.07) is 17.0. The average Bonchev–Trinajstić information content (AvgIpc) is 3.16. The molecule has 1 amide bonds. The summed E-state index contributed by atoms with van der Waals surface area (Å²) in [5, 5.41) is 3.75. The lowest BCUT2D eigenvalue weighted by molar-refractivity contribution is 0.0954. The lowest BCUT2D eigenvalue weighted by Gasteiger charge is -2.11. The Labute approximate surface area is 180 Å². The first-order valence-electron chi connectivity index (χ1n) is 9.82. The number of aromatic amines is 1. The van der Waals surface area contributed by atoms with Crippen LogP contribution in [0.15, 0.2) is 78.0 Å². The molecule has 31 heavy (non-hydrogen) atoms. The van der Waals surface area contributed by atoms with Crippen molar-refractivity contribution >= 4 is 32.5 Å². The summed E-state index contributed by atoms with van der Waals surface area (Å²) in [4.78, 5) is 19.8. The van der Waals surface area contributed by atoms with Crippen LogP contribution in [0.3, 0.4) is 0 Å². The number of benzene rings is 2. The number of carbonyl (C=O) groups excluding carboxylic acids is 1. The van der Waals surface area contributed by atoms with E-state index in [1.165, 1.54) is 12.1 Å². The highest BCUT2D eigenvalue weighted by atomic mass is 32.2. The van der Waals surface area contributed by atoms with E-state index in [1.807, 2.05) is 37.4 Å². The minimum atomic E-state index is -3.88. The van der Waals surface area contributed by atoms with Crippen LogP contribution >= 0.6 is 0 Å². The number of nitrogens with zero attached hydrogens (tertiary/aromatic N) is 1. The number of rotatable bonds is 7. The van der Waals surface area contributed by atoms with Crippen molar-refractivity contribution in [3.05, 3.63) is 89.9 Å². The van der Waals surface area contributed by atoms with Gasteiger partial charge >= 0.3 is 0 Å². The molecule has 7 nitrogen and oxygen atoms in total. The van der Waals surface area contributed by atoms with Crippen LogP contribution in [0.25, 0.3) is 10.9 Å². The van der Waals surface area contributed by atoms with E-state index in [0.717, 1.165) is 16.6 Å². The minimum absolute atomic E-state index is 0.0187. The Bertz CT molecular complexity index is 1330. The molecule has 0 saturated heterocycles. The predicted molar refractivity (Wildman–Crippen MR) is 121 cm³/mol. The van der Waals surface area contributed by atoms with Gasteiger partial charge in [-0.15, -0.1) is 0 Å². The lowest BCUT2D eigenvalue weighted by atomic mass is 10.2. The Kier molecular flexibility index (Phi) is 5.73. The number of nitrogens with one attached hydrogen (secondary N) is 3. The predicted octanol–water partition coefficient (Wildman–Crippen LogP) is 3.64. The number of aryl methyl sites for hydroxylation is 1. The third-order valence-corrected chi connectivity index (χ3v) is 6.33. The van der Waals surface area contributed by atoms with Crippen LogP contribution in [0.1, 0.15) is 21.6 Å². The van der Waals surface area contributed by atoms with Crippen LogP contribution in [-0.4, -0.2) is 30.8 Å². The number of hydrogen-bond acceptors (Lipinski definition) is 4. The fraction of sp³-hybridized carbons (Fsp3) is 0.130. The highest BCUT2D eigenvalue weighted by Gasteiger charge is 2.18. The van der Waals surface area contributed by atoms with Gasteiger partial charge in [0.25, 0.3) is 15.9 Å². The van der Waals surface area contributed by atoms with E-state index in [9.17, 15) is 13.2 Å². The van der Waals surface area contributed by atoms with Crippen LogP contribution in [0.5, 0.6) is 0 Å². The number of carbonyl (C=O) groups is 1. The van der Waals surface area contributed by atoms with Crippen molar-refractivity contribution < 1.29 is 13.2 Å². The van der Waals surface area contributed by atoms with Gasteiger partial charge in [-0.05, 0) is 48.9 Å². The summed E-state index contributed by atoms with van der Waals surface area (Å²) in [5.74, 6) is -0.338. The number of hydrogen-bond donors (Lipinski definition) is 3. The first kappa shape index (κ1) is 20.6. The Morgan fingerprint density at radius 3 is 2.71 bits per heavy atom. The van der Waals surface area contributed by atoms with Crippen molar-refractivity contribution in [1.29, 1.82) is 0 Å². The van der Waals surface area contributed by atoms with Crippen LogP contribution in [0.2, 0.25) is 0 Å². The standard InChI is InChI=1S/C23H22N4O3S/c1-16-15-26-22-20(16)9-5-10-21(22)27-31(29,30)19-8-4-6-17(14-19)23(28)25-13-11-18-7-2-3-12-24-18/h2-10,12,14-15,26-27H,11,13H2,1H3,(H,25,28). The zero-order valence-electron chi connectivity index (χ0n) is 16.9. The molecular weight excluding hydrogens is 412 g/mol. The molecule has 4 aromatic rings. The topological polar surface area (TPSA) is 104 Å². The molecular formula is C23H22N4O3S. The van der Waals surface area contributed by atoms with E-state index in [1.54, 1.807) is 30.5 Å². The molecule has 0 aliphatic heterocycles. The third kappa shape index (κ3) is 4.59. The third-order valence-electron chi connectivity index (χ3n) is 4.97. The Hall–Kier alpha value is -3.65. The first-order chi connectivity index (χ1) is 14.9. The molecule has 0 atom stereocenters. The quantitative estimate of drug-likeness (QED) is 0.413. The molecule has 0 unspecified atom stereocenters. The monoisotopic (exact) mass is 434 g/mol. The van der Waals surface area contributed by atoms with E-state index in [2.05, 4.69) is 20.0 Å². The molecule has 0 aliphatic carbocycles. The van der Waals surface area contributed by atoms with Gasteiger partial charge in [0.2, 0.25) is 0 Å².